The summed E-state index contributed by atoms with van der Waals surface area (Å²) in [6, 6.07) is -0.161. The van der Waals surface area contributed by atoms with Crippen molar-refractivity contribution >= 4 is 35.2 Å². The van der Waals surface area contributed by atoms with Gasteiger partial charge in [0.1, 0.15) is 6.10 Å². The number of aromatic nitrogens is 1. The number of cyclic esters (lactones) is 1. The molecule has 2 heterocycles. The van der Waals surface area contributed by atoms with Gasteiger partial charge in [-0.2, -0.15) is 0 Å². The van der Waals surface area contributed by atoms with E-state index in [4.69, 9.17) is 9.84 Å². The van der Waals surface area contributed by atoms with Crippen LogP contribution in [0.2, 0.25) is 0 Å². The molecule has 1 unspecified atom stereocenters. The highest BCUT2D eigenvalue weighted by Gasteiger charge is 2.37. The standard InChI is InChI=1S/C21H30N2O5S2/c1-14-18(9-5-8-16(24)12-15-6-3-2-4-7-15)23(21(27)28-14)10-11-29-20-22-17(13-30-20)19(25)26/h5,9,13-16,18,24H,2-4,6-8,10-12H2,1H3,(H,25,26)/t14-,16?,18-/m0/s1. The topological polar surface area (TPSA) is 100.0 Å². The van der Waals surface area contributed by atoms with Crippen LogP contribution >= 0.6 is 23.1 Å². The van der Waals surface area contributed by atoms with Crippen LogP contribution in [0, 0.1) is 5.92 Å². The predicted octanol–water partition coefficient (Wildman–Crippen LogP) is 4.42. The number of carbonyl (C=O) groups excluding carboxylic acids is 1. The third-order valence-electron chi connectivity index (χ3n) is 5.69. The lowest BCUT2D eigenvalue weighted by molar-refractivity contribution is 0.0690. The van der Waals surface area contributed by atoms with Crippen molar-refractivity contribution in [2.75, 3.05) is 12.3 Å². The molecule has 2 fully saturated rings. The second-order valence-electron chi connectivity index (χ2n) is 7.98. The van der Waals surface area contributed by atoms with Crippen molar-refractivity contribution in [1.29, 1.82) is 0 Å². The second kappa shape index (κ2) is 11.2. The summed E-state index contributed by atoms with van der Waals surface area (Å²) in [5.41, 5.74) is 0.0456. The fraction of sp³-hybridized carbons (Fsp3) is 0.667. The number of thiazole rings is 1. The maximum absolute atomic E-state index is 12.2. The Morgan fingerprint density at radius 2 is 2.20 bits per heavy atom. The van der Waals surface area contributed by atoms with Gasteiger partial charge in [0.15, 0.2) is 10.0 Å². The van der Waals surface area contributed by atoms with Gasteiger partial charge in [-0.3, -0.25) is 4.90 Å². The number of aliphatic hydroxyl groups excluding tert-OH is 1. The minimum Gasteiger partial charge on any atom is -0.476 e. The second-order valence-corrected chi connectivity index (χ2v) is 10.2. The fourth-order valence-corrected chi connectivity index (χ4v) is 5.91. The molecular weight excluding hydrogens is 424 g/mol. The average Bonchev–Trinajstić information content (AvgIpc) is 3.28. The van der Waals surface area contributed by atoms with Crippen LogP contribution in [0.25, 0.3) is 0 Å². The smallest absolute Gasteiger partial charge is 0.410 e. The van der Waals surface area contributed by atoms with Gasteiger partial charge in [0.25, 0.3) is 0 Å². The average molecular weight is 455 g/mol. The Kier molecular flexibility index (Phi) is 8.59. The molecule has 1 saturated carbocycles. The van der Waals surface area contributed by atoms with E-state index in [2.05, 4.69) is 4.98 Å². The normalized spacial score (nSPS) is 23.8. The first-order chi connectivity index (χ1) is 14.4. The Balaban J connectivity index is 1.46. The van der Waals surface area contributed by atoms with Crippen LogP contribution < -0.4 is 0 Å². The summed E-state index contributed by atoms with van der Waals surface area (Å²) in [7, 11) is 0. The third kappa shape index (κ3) is 6.46. The number of amides is 1. The molecule has 0 bridgehead atoms. The van der Waals surface area contributed by atoms with Gasteiger partial charge in [0.05, 0.1) is 12.1 Å². The number of aromatic carboxylic acids is 1. The molecule has 3 atom stereocenters. The van der Waals surface area contributed by atoms with Gasteiger partial charge < -0.3 is 14.9 Å². The van der Waals surface area contributed by atoms with Crippen molar-refractivity contribution in [3.05, 3.63) is 23.2 Å². The molecule has 1 saturated heterocycles. The zero-order chi connectivity index (χ0) is 21.5. The van der Waals surface area contributed by atoms with Crippen LogP contribution in [-0.4, -0.2) is 62.7 Å². The minimum absolute atomic E-state index is 0.0456. The Hall–Kier alpha value is -1.58. The Bertz CT molecular complexity index is 748. The van der Waals surface area contributed by atoms with Crippen LogP contribution in [0.1, 0.15) is 62.4 Å². The number of ether oxygens (including phenoxy) is 1. The largest absolute Gasteiger partial charge is 0.476 e. The van der Waals surface area contributed by atoms with E-state index in [9.17, 15) is 14.7 Å². The number of nitrogens with zero attached hydrogens (tertiary/aromatic N) is 2. The molecule has 166 valence electrons. The maximum atomic E-state index is 12.2. The van der Waals surface area contributed by atoms with Crippen LogP contribution in [0.3, 0.4) is 0 Å². The first kappa shape index (κ1) is 23.1. The number of hydrogen-bond donors (Lipinski definition) is 2. The summed E-state index contributed by atoms with van der Waals surface area (Å²) in [4.78, 5) is 28.9. The van der Waals surface area contributed by atoms with Crippen molar-refractivity contribution in [3.8, 4) is 0 Å². The minimum atomic E-state index is -1.04. The van der Waals surface area contributed by atoms with Gasteiger partial charge in [-0.05, 0) is 25.7 Å². The molecule has 3 rings (SSSR count). The molecular formula is C21H30N2O5S2. The molecule has 1 aromatic heterocycles. The van der Waals surface area contributed by atoms with Gasteiger partial charge in [-0.25, -0.2) is 14.6 Å². The summed E-state index contributed by atoms with van der Waals surface area (Å²) < 4.78 is 6.05. The monoisotopic (exact) mass is 454 g/mol. The number of thioether (sulfide) groups is 1. The highest BCUT2D eigenvalue weighted by Crippen LogP contribution is 2.29. The van der Waals surface area contributed by atoms with Crippen molar-refractivity contribution in [2.45, 2.75) is 74.5 Å². The van der Waals surface area contributed by atoms with E-state index in [0.717, 1.165) is 6.42 Å². The van der Waals surface area contributed by atoms with Crippen LogP contribution in [0.15, 0.2) is 21.9 Å². The molecule has 0 radical (unpaired) electrons. The summed E-state index contributed by atoms with van der Waals surface area (Å²) in [5.74, 6) is 0.202. The van der Waals surface area contributed by atoms with E-state index in [1.54, 1.807) is 4.90 Å². The number of carbonyl (C=O) groups is 2. The van der Waals surface area contributed by atoms with E-state index >= 15 is 0 Å². The van der Waals surface area contributed by atoms with Gasteiger partial charge in [-0.15, -0.1) is 11.3 Å². The molecule has 1 aliphatic carbocycles. The molecule has 30 heavy (non-hydrogen) atoms. The van der Waals surface area contributed by atoms with Gasteiger partial charge >= 0.3 is 12.1 Å². The van der Waals surface area contributed by atoms with Crippen molar-refractivity contribution in [1.82, 2.24) is 9.88 Å². The Labute approximate surface area is 185 Å². The first-order valence-corrected chi connectivity index (χ1v) is 12.4. The molecule has 1 amide bonds. The van der Waals surface area contributed by atoms with Crippen LogP contribution in [-0.2, 0) is 4.74 Å². The number of carboxylic acid groups (broad SMARTS) is 1. The van der Waals surface area contributed by atoms with Crippen LogP contribution in [0.5, 0.6) is 0 Å². The van der Waals surface area contributed by atoms with Gasteiger partial charge in [0.2, 0.25) is 0 Å². The van der Waals surface area contributed by atoms with Crippen molar-refractivity contribution in [2.24, 2.45) is 5.92 Å². The van der Waals surface area contributed by atoms with Gasteiger partial charge in [-0.1, -0.05) is 56.0 Å². The van der Waals surface area contributed by atoms with Crippen molar-refractivity contribution < 1.29 is 24.5 Å². The Morgan fingerprint density at radius 3 is 2.90 bits per heavy atom. The zero-order valence-corrected chi connectivity index (χ0v) is 18.9. The zero-order valence-electron chi connectivity index (χ0n) is 17.2. The van der Waals surface area contributed by atoms with E-state index in [0.29, 0.717) is 29.0 Å². The summed E-state index contributed by atoms with van der Waals surface area (Å²) in [6.45, 7) is 2.36. The fourth-order valence-electron chi connectivity index (χ4n) is 4.10. The number of aliphatic hydroxyl groups is 1. The molecule has 9 heteroatoms. The first-order valence-electron chi connectivity index (χ1n) is 10.6. The highest BCUT2D eigenvalue weighted by atomic mass is 32.2. The van der Waals surface area contributed by atoms with Gasteiger partial charge in [0, 0.05) is 17.7 Å². The molecule has 0 aromatic carbocycles. The summed E-state index contributed by atoms with van der Waals surface area (Å²) >= 11 is 2.72. The molecule has 7 nitrogen and oxygen atoms in total. The lowest BCUT2D eigenvalue weighted by atomic mass is 9.85. The lowest BCUT2D eigenvalue weighted by Gasteiger charge is -2.23. The number of hydrogen-bond acceptors (Lipinski definition) is 7. The van der Waals surface area contributed by atoms with Crippen molar-refractivity contribution in [3.63, 3.8) is 0 Å². The molecule has 0 spiro atoms. The molecule has 2 N–H and O–H groups in total. The lowest BCUT2D eigenvalue weighted by Crippen LogP contribution is -2.36. The highest BCUT2D eigenvalue weighted by molar-refractivity contribution is 8.01. The third-order valence-corrected chi connectivity index (χ3v) is 7.69. The van der Waals surface area contributed by atoms with E-state index in [-0.39, 0.29) is 30.0 Å². The number of rotatable bonds is 10. The maximum Gasteiger partial charge on any atom is 0.410 e. The Morgan fingerprint density at radius 1 is 1.43 bits per heavy atom. The van der Waals surface area contributed by atoms with E-state index in [1.165, 1.54) is 60.6 Å². The molecule has 1 aliphatic heterocycles. The number of carboxylic acids is 1. The summed E-state index contributed by atoms with van der Waals surface area (Å²) in [6.07, 6.45) is 10.8. The quantitative estimate of drug-likeness (QED) is 0.399. The van der Waals surface area contributed by atoms with Crippen LogP contribution in [0.4, 0.5) is 4.79 Å². The SMILES string of the molecule is C[C@@H]1OC(=O)N(CCSc2nc(C(=O)O)cs2)[C@H]1C=CCC(O)CC1CCCCC1. The predicted molar refractivity (Wildman–Crippen MR) is 117 cm³/mol. The molecule has 2 aliphatic rings. The van der Waals surface area contributed by atoms with E-state index in [1.807, 2.05) is 19.1 Å². The summed E-state index contributed by atoms with van der Waals surface area (Å²) in [5, 5.41) is 20.8. The molecule has 1 aromatic rings. The van der Waals surface area contributed by atoms with E-state index < -0.39 is 5.97 Å².